The number of nitrogens with one attached hydrogen (secondary N) is 1. The summed E-state index contributed by atoms with van der Waals surface area (Å²) in [6.45, 7) is 5.41. The van der Waals surface area contributed by atoms with Crippen molar-refractivity contribution in [3.05, 3.63) is 0 Å². The fourth-order valence-electron chi connectivity index (χ4n) is 0.807. The Morgan fingerprint density at radius 1 is 1.31 bits per heavy atom. The highest BCUT2D eigenvalue weighted by atomic mass is 32.2. The molecule has 0 aromatic carbocycles. The van der Waals surface area contributed by atoms with E-state index >= 15 is 0 Å². The van der Waals surface area contributed by atoms with Crippen molar-refractivity contribution in [2.24, 2.45) is 0 Å². The van der Waals surface area contributed by atoms with E-state index in [1.54, 1.807) is 13.8 Å². The Morgan fingerprint density at radius 2 is 2.00 bits per heavy atom. The molecule has 0 aliphatic carbocycles. The smallest absolute Gasteiger partial charge is 0.0715 e. The third kappa shape index (κ3) is 12.2. The van der Waals surface area contributed by atoms with E-state index in [0.717, 1.165) is 24.5 Å². The Bertz CT molecular complexity index is 115. The number of aliphatic hydroxyl groups is 2. The van der Waals surface area contributed by atoms with Gasteiger partial charge in [-0.2, -0.15) is 11.8 Å². The normalized spacial score (nSPS) is 12.0. The molecule has 80 valence electrons. The molecule has 0 spiro atoms. The summed E-state index contributed by atoms with van der Waals surface area (Å²) in [6, 6.07) is 0. The first kappa shape index (κ1) is 13.2. The van der Waals surface area contributed by atoms with Gasteiger partial charge in [-0.05, 0) is 26.0 Å². The van der Waals surface area contributed by atoms with Gasteiger partial charge in [0, 0.05) is 25.4 Å². The molecule has 0 amide bonds. The highest BCUT2D eigenvalue weighted by molar-refractivity contribution is 7.99. The highest BCUT2D eigenvalue weighted by Crippen LogP contribution is 2.01. The summed E-state index contributed by atoms with van der Waals surface area (Å²) in [5.41, 5.74) is -0.615. The molecule has 0 heterocycles. The molecule has 0 radical (unpaired) electrons. The molecule has 3 nitrogen and oxygen atoms in total. The van der Waals surface area contributed by atoms with Gasteiger partial charge in [0.1, 0.15) is 0 Å². The molecule has 0 aromatic heterocycles. The Labute approximate surface area is 84.9 Å². The summed E-state index contributed by atoms with van der Waals surface area (Å²) >= 11 is 1.82. The van der Waals surface area contributed by atoms with E-state index < -0.39 is 5.60 Å². The molecule has 0 atom stereocenters. The molecule has 0 fully saturated rings. The molecule has 3 N–H and O–H groups in total. The van der Waals surface area contributed by atoms with Crippen LogP contribution in [0.25, 0.3) is 0 Å². The quantitative estimate of drug-likeness (QED) is 0.506. The van der Waals surface area contributed by atoms with Crippen LogP contribution in [0.2, 0.25) is 0 Å². The standard InChI is InChI=1S/C9H21NO2S/c1-9(2,12)8-10-4-7-13-6-3-5-11/h10-12H,3-8H2,1-2H3. The first-order valence-electron chi connectivity index (χ1n) is 4.68. The van der Waals surface area contributed by atoms with Crippen LogP contribution < -0.4 is 5.32 Å². The monoisotopic (exact) mass is 207 g/mol. The van der Waals surface area contributed by atoms with Gasteiger partial charge < -0.3 is 15.5 Å². The zero-order valence-corrected chi connectivity index (χ0v) is 9.36. The second-order valence-corrected chi connectivity index (χ2v) is 4.90. The molecule has 13 heavy (non-hydrogen) atoms. The Balaban J connectivity index is 3.00. The van der Waals surface area contributed by atoms with Crippen LogP contribution in [-0.4, -0.2) is 47.0 Å². The van der Waals surface area contributed by atoms with Gasteiger partial charge in [-0.1, -0.05) is 0 Å². The lowest BCUT2D eigenvalue weighted by atomic mass is 10.1. The maximum atomic E-state index is 9.36. The number of aliphatic hydroxyl groups excluding tert-OH is 1. The van der Waals surface area contributed by atoms with E-state index in [1.165, 1.54) is 0 Å². The van der Waals surface area contributed by atoms with Crippen molar-refractivity contribution >= 4 is 11.8 Å². The summed E-state index contributed by atoms with van der Waals surface area (Å²) in [4.78, 5) is 0. The van der Waals surface area contributed by atoms with E-state index in [4.69, 9.17) is 5.11 Å². The molecule has 0 bridgehead atoms. The molecular formula is C9H21NO2S. The topological polar surface area (TPSA) is 52.5 Å². The second-order valence-electron chi connectivity index (χ2n) is 3.68. The van der Waals surface area contributed by atoms with Gasteiger partial charge >= 0.3 is 0 Å². The van der Waals surface area contributed by atoms with E-state index in [1.807, 2.05) is 11.8 Å². The zero-order chi connectivity index (χ0) is 10.2. The van der Waals surface area contributed by atoms with Gasteiger partial charge in [-0.25, -0.2) is 0 Å². The third-order valence-corrected chi connectivity index (χ3v) is 2.50. The van der Waals surface area contributed by atoms with Crippen LogP contribution in [0.5, 0.6) is 0 Å². The lowest BCUT2D eigenvalue weighted by Gasteiger charge is -2.17. The van der Waals surface area contributed by atoms with Crippen molar-refractivity contribution in [3.63, 3.8) is 0 Å². The largest absolute Gasteiger partial charge is 0.396 e. The summed E-state index contributed by atoms with van der Waals surface area (Å²) in [5, 5.41) is 21.0. The summed E-state index contributed by atoms with van der Waals surface area (Å²) < 4.78 is 0. The van der Waals surface area contributed by atoms with Crippen molar-refractivity contribution in [2.75, 3.05) is 31.2 Å². The lowest BCUT2D eigenvalue weighted by molar-refractivity contribution is 0.0806. The van der Waals surface area contributed by atoms with E-state index in [9.17, 15) is 5.11 Å². The predicted octanol–water partition coefficient (Wildman–Crippen LogP) is 0.462. The lowest BCUT2D eigenvalue weighted by Crippen LogP contribution is -2.35. The van der Waals surface area contributed by atoms with Crippen molar-refractivity contribution in [2.45, 2.75) is 25.9 Å². The van der Waals surface area contributed by atoms with Crippen LogP contribution >= 0.6 is 11.8 Å². The second kappa shape index (κ2) is 7.62. The number of thioether (sulfide) groups is 1. The molecule has 0 unspecified atom stereocenters. The van der Waals surface area contributed by atoms with Gasteiger partial charge in [-0.15, -0.1) is 0 Å². The van der Waals surface area contributed by atoms with Crippen LogP contribution in [0.1, 0.15) is 20.3 Å². The van der Waals surface area contributed by atoms with E-state index in [2.05, 4.69) is 5.32 Å². The molecule has 0 saturated heterocycles. The van der Waals surface area contributed by atoms with Gasteiger partial charge in [0.25, 0.3) is 0 Å². The molecular weight excluding hydrogens is 186 g/mol. The minimum atomic E-state index is -0.615. The average Bonchev–Trinajstić information content (AvgIpc) is 2.01. The molecule has 0 saturated carbocycles. The summed E-state index contributed by atoms with van der Waals surface area (Å²) in [5.74, 6) is 2.05. The van der Waals surface area contributed by atoms with Crippen LogP contribution in [0.4, 0.5) is 0 Å². The fraction of sp³-hybridized carbons (Fsp3) is 1.00. The Kier molecular flexibility index (Phi) is 7.75. The van der Waals surface area contributed by atoms with E-state index in [0.29, 0.717) is 6.54 Å². The predicted molar refractivity (Wildman–Crippen MR) is 58.2 cm³/mol. The fourth-order valence-corrected chi connectivity index (χ4v) is 1.63. The van der Waals surface area contributed by atoms with Crippen LogP contribution in [-0.2, 0) is 0 Å². The van der Waals surface area contributed by atoms with Crippen LogP contribution in [0.15, 0.2) is 0 Å². The number of hydrogen-bond acceptors (Lipinski definition) is 4. The molecule has 0 aliphatic heterocycles. The molecule has 0 aromatic rings. The molecule has 0 aliphatic rings. The highest BCUT2D eigenvalue weighted by Gasteiger charge is 2.10. The maximum absolute atomic E-state index is 9.36. The SMILES string of the molecule is CC(C)(O)CNCCSCCCO. The van der Waals surface area contributed by atoms with Crippen molar-refractivity contribution in [3.8, 4) is 0 Å². The minimum absolute atomic E-state index is 0.282. The van der Waals surface area contributed by atoms with Gasteiger partial charge in [0.05, 0.1) is 5.60 Å². The first-order valence-corrected chi connectivity index (χ1v) is 5.83. The van der Waals surface area contributed by atoms with Gasteiger partial charge in [-0.3, -0.25) is 0 Å². The maximum Gasteiger partial charge on any atom is 0.0715 e. The Hall–Kier alpha value is 0.230. The number of hydrogen-bond donors (Lipinski definition) is 3. The average molecular weight is 207 g/mol. The summed E-state index contributed by atoms with van der Waals surface area (Å²) in [6.07, 6.45) is 0.871. The first-order chi connectivity index (χ1) is 6.06. The van der Waals surface area contributed by atoms with Gasteiger partial charge in [0.15, 0.2) is 0 Å². The zero-order valence-electron chi connectivity index (χ0n) is 8.55. The van der Waals surface area contributed by atoms with Crippen molar-refractivity contribution in [1.29, 1.82) is 0 Å². The van der Waals surface area contributed by atoms with Crippen LogP contribution in [0, 0.1) is 0 Å². The molecule has 0 rings (SSSR count). The van der Waals surface area contributed by atoms with Gasteiger partial charge in [0.2, 0.25) is 0 Å². The van der Waals surface area contributed by atoms with Crippen molar-refractivity contribution < 1.29 is 10.2 Å². The summed E-state index contributed by atoms with van der Waals surface area (Å²) in [7, 11) is 0. The van der Waals surface area contributed by atoms with E-state index in [-0.39, 0.29) is 6.61 Å². The number of rotatable bonds is 8. The van der Waals surface area contributed by atoms with Crippen LogP contribution in [0.3, 0.4) is 0 Å². The Morgan fingerprint density at radius 3 is 2.54 bits per heavy atom. The van der Waals surface area contributed by atoms with Crippen molar-refractivity contribution in [1.82, 2.24) is 5.32 Å². The minimum Gasteiger partial charge on any atom is -0.396 e. The molecule has 4 heteroatoms. The third-order valence-electron chi connectivity index (χ3n) is 1.43.